The van der Waals surface area contributed by atoms with Gasteiger partial charge in [0, 0.05) is 10.6 Å². The largest absolute Gasteiger partial charge is 0.256 e. The average molecular weight is 265 g/mol. The van der Waals surface area contributed by atoms with E-state index in [1.807, 2.05) is 0 Å². The van der Waals surface area contributed by atoms with E-state index in [-0.39, 0.29) is 0 Å². The second-order valence-electron chi connectivity index (χ2n) is 3.89. The predicted molar refractivity (Wildman–Crippen MR) is 72.5 cm³/mol. The second kappa shape index (κ2) is 5.52. The molecule has 0 N–H and O–H groups in total. The molecule has 2 aromatic rings. The van der Waals surface area contributed by atoms with Gasteiger partial charge in [0.15, 0.2) is 0 Å². The molecule has 0 aliphatic rings. The Morgan fingerprint density at radius 2 is 2.00 bits per heavy atom. The van der Waals surface area contributed by atoms with Gasteiger partial charge in [-0.15, -0.1) is 11.8 Å². The van der Waals surface area contributed by atoms with Crippen molar-refractivity contribution in [3.05, 3.63) is 52.6 Å². The lowest BCUT2D eigenvalue weighted by molar-refractivity contribution is 1.10. The molecule has 0 amide bonds. The van der Waals surface area contributed by atoms with Gasteiger partial charge in [0.2, 0.25) is 0 Å². The van der Waals surface area contributed by atoms with Crippen molar-refractivity contribution in [3.8, 4) is 0 Å². The fourth-order valence-electron chi connectivity index (χ4n) is 1.43. The van der Waals surface area contributed by atoms with Gasteiger partial charge in [-0.05, 0) is 25.5 Å². The van der Waals surface area contributed by atoms with Crippen LogP contribution in [0.2, 0.25) is 5.15 Å². The zero-order valence-electron chi connectivity index (χ0n) is 9.77. The summed E-state index contributed by atoms with van der Waals surface area (Å²) in [5.41, 5.74) is 3.52. The van der Waals surface area contributed by atoms with Crippen LogP contribution in [0.4, 0.5) is 0 Å². The first-order valence-corrected chi connectivity index (χ1v) is 6.68. The van der Waals surface area contributed by atoms with Crippen LogP contribution in [-0.4, -0.2) is 9.97 Å². The first-order valence-electron chi connectivity index (χ1n) is 5.31. The minimum atomic E-state index is 0.436. The van der Waals surface area contributed by atoms with Crippen LogP contribution in [0.1, 0.15) is 16.8 Å². The maximum atomic E-state index is 5.69. The molecule has 0 radical (unpaired) electrons. The van der Waals surface area contributed by atoms with E-state index in [1.165, 1.54) is 16.0 Å². The standard InChI is InChI=1S/C13H13ClN2S/c1-9-3-4-10(2)12(5-9)17-8-11-6-16-13(14)7-15-11/h3-7H,8H2,1-2H3. The minimum Gasteiger partial charge on any atom is -0.256 e. The van der Waals surface area contributed by atoms with Crippen molar-refractivity contribution in [1.29, 1.82) is 0 Å². The summed E-state index contributed by atoms with van der Waals surface area (Å²) in [4.78, 5) is 9.54. The number of hydrogen-bond acceptors (Lipinski definition) is 3. The number of nitrogens with zero attached hydrogens (tertiary/aromatic N) is 2. The molecule has 0 aliphatic heterocycles. The Morgan fingerprint density at radius 3 is 2.71 bits per heavy atom. The van der Waals surface area contributed by atoms with Gasteiger partial charge in [0.1, 0.15) is 5.15 Å². The second-order valence-corrected chi connectivity index (χ2v) is 5.29. The molecule has 0 spiro atoms. The van der Waals surface area contributed by atoms with E-state index in [1.54, 1.807) is 24.2 Å². The van der Waals surface area contributed by atoms with Crippen molar-refractivity contribution in [2.24, 2.45) is 0 Å². The van der Waals surface area contributed by atoms with Crippen LogP contribution in [0.25, 0.3) is 0 Å². The smallest absolute Gasteiger partial charge is 0.147 e. The summed E-state index contributed by atoms with van der Waals surface area (Å²) in [6.45, 7) is 4.22. The highest BCUT2D eigenvalue weighted by Gasteiger charge is 2.02. The Hall–Kier alpha value is -1.06. The zero-order valence-corrected chi connectivity index (χ0v) is 11.3. The van der Waals surface area contributed by atoms with E-state index < -0.39 is 0 Å². The molecule has 4 heteroatoms. The van der Waals surface area contributed by atoms with E-state index in [2.05, 4.69) is 42.0 Å². The van der Waals surface area contributed by atoms with Crippen LogP contribution < -0.4 is 0 Å². The number of aryl methyl sites for hydroxylation is 2. The van der Waals surface area contributed by atoms with Crippen LogP contribution in [0.15, 0.2) is 35.5 Å². The fourth-order valence-corrected chi connectivity index (χ4v) is 2.54. The third-order valence-corrected chi connectivity index (χ3v) is 3.78. The Balaban J connectivity index is 2.07. The number of benzene rings is 1. The molecule has 0 atom stereocenters. The Bertz CT molecular complexity index is 511. The molecular weight excluding hydrogens is 252 g/mol. The van der Waals surface area contributed by atoms with Crippen molar-refractivity contribution in [2.75, 3.05) is 0 Å². The maximum absolute atomic E-state index is 5.69. The van der Waals surface area contributed by atoms with Crippen molar-refractivity contribution < 1.29 is 0 Å². The highest BCUT2D eigenvalue weighted by molar-refractivity contribution is 7.98. The summed E-state index contributed by atoms with van der Waals surface area (Å²) in [6, 6.07) is 6.47. The van der Waals surface area contributed by atoms with Crippen LogP contribution in [0, 0.1) is 13.8 Å². The molecule has 0 unspecified atom stereocenters. The summed E-state index contributed by atoms with van der Waals surface area (Å²) in [5.74, 6) is 0.814. The number of halogens is 1. The van der Waals surface area contributed by atoms with Gasteiger partial charge >= 0.3 is 0 Å². The molecule has 0 fully saturated rings. The Kier molecular flexibility index (Phi) is 4.02. The van der Waals surface area contributed by atoms with Gasteiger partial charge in [-0.25, -0.2) is 4.98 Å². The molecule has 1 heterocycles. The number of hydrogen-bond donors (Lipinski definition) is 0. The highest BCUT2D eigenvalue weighted by Crippen LogP contribution is 2.26. The van der Waals surface area contributed by atoms with Crippen molar-refractivity contribution in [2.45, 2.75) is 24.5 Å². The van der Waals surface area contributed by atoms with Crippen LogP contribution in [-0.2, 0) is 5.75 Å². The molecule has 2 rings (SSSR count). The van der Waals surface area contributed by atoms with Gasteiger partial charge in [0.25, 0.3) is 0 Å². The summed E-state index contributed by atoms with van der Waals surface area (Å²) in [7, 11) is 0. The predicted octanol–water partition coefficient (Wildman–Crippen LogP) is 4.04. The van der Waals surface area contributed by atoms with E-state index in [0.29, 0.717) is 5.15 Å². The SMILES string of the molecule is Cc1ccc(C)c(SCc2cnc(Cl)cn2)c1. The summed E-state index contributed by atoms with van der Waals surface area (Å²) in [5, 5.41) is 0.436. The molecule has 0 saturated heterocycles. The number of thioether (sulfide) groups is 1. The molecule has 1 aromatic carbocycles. The van der Waals surface area contributed by atoms with Crippen molar-refractivity contribution in [3.63, 3.8) is 0 Å². The molecule has 88 valence electrons. The zero-order chi connectivity index (χ0) is 12.3. The highest BCUT2D eigenvalue weighted by atomic mass is 35.5. The van der Waals surface area contributed by atoms with Crippen LogP contribution in [0.5, 0.6) is 0 Å². The summed E-state index contributed by atoms with van der Waals surface area (Å²) < 4.78 is 0. The molecule has 0 bridgehead atoms. The first-order chi connectivity index (χ1) is 8.15. The molecule has 0 saturated carbocycles. The van der Waals surface area contributed by atoms with E-state index in [9.17, 15) is 0 Å². The molecule has 17 heavy (non-hydrogen) atoms. The molecule has 0 aliphatic carbocycles. The van der Waals surface area contributed by atoms with Gasteiger partial charge in [-0.1, -0.05) is 29.3 Å². The molecular formula is C13H13ClN2S. The lowest BCUT2D eigenvalue weighted by Gasteiger charge is -2.06. The van der Waals surface area contributed by atoms with Gasteiger partial charge in [-0.2, -0.15) is 0 Å². The summed E-state index contributed by atoms with van der Waals surface area (Å²) >= 11 is 7.47. The number of rotatable bonds is 3. The van der Waals surface area contributed by atoms with Crippen LogP contribution in [0.3, 0.4) is 0 Å². The Morgan fingerprint density at radius 1 is 1.18 bits per heavy atom. The maximum Gasteiger partial charge on any atom is 0.147 e. The van der Waals surface area contributed by atoms with Crippen LogP contribution >= 0.6 is 23.4 Å². The minimum absolute atomic E-state index is 0.436. The van der Waals surface area contributed by atoms with Gasteiger partial charge in [0.05, 0.1) is 18.1 Å². The van der Waals surface area contributed by atoms with Crippen molar-refractivity contribution >= 4 is 23.4 Å². The average Bonchev–Trinajstić information content (AvgIpc) is 2.32. The third-order valence-electron chi connectivity index (χ3n) is 2.39. The molecule has 2 nitrogen and oxygen atoms in total. The lowest BCUT2D eigenvalue weighted by Crippen LogP contribution is -1.89. The van der Waals surface area contributed by atoms with Gasteiger partial charge < -0.3 is 0 Å². The topological polar surface area (TPSA) is 25.8 Å². The first kappa shape index (κ1) is 12.4. The third kappa shape index (κ3) is 3.45. The van der Waals surface area contributed by atoms with E-state index in [0.717, 1.165) is 11.4 Å². The van der Waals surface area contributed by atoms with E-state index >= 15 is 0 Å². The Labute approximate surface area is 110 Å². The quantitative estimate of drug-likeness (QED) is 0.783. The van der Waals surface area contributed by atoms with Crippen molar-refractivity contribution in [1.82, 2.24) is 9.97 Å². The van der Waals surface area contributed by atoms with Gasteiger partial charge in [-0.3, -0.25) is 4.98 Å². The normalized spacial score (nSPS) is 10.5. The molecule has 1 aromatic heterocycles. The fraction of sp³-hybridized carbons (Fsp3) is 0.231. The summed E-state index contributed by atoms with van der Waals surface area (Å²) in [6.07, 6.45) is 3.31. The monoisotopic (exact) mass is 264 g/mol. The number of aromatic nitrogens is 2. The van der Waals surface area contributed by atoms with E-state index in [4.69, 9.17) is 11.6 Å². The lowest BCUT2D eigenvalue weighted by atomic mass is 10.2.